The van der Waals surface area contributed by atoms with Crippen molar-refractivity contribution >= 4 is 5.91 Å². The first-order chi connectivity index (χ1) is 8.92. The first kappa shape index (κ1) is 16.2. The van der Waals surface area contributed by atoms with Gasteiger partial charge in [0.15, 0.2) is 0 Å². The number of hydrogen-bond acceptors (Lipinski definition) is 3. The highest BCUT2D eigenvalue weighted by atomic mass is 19.4. The third-order valence-electron chi connectivity index (χ3n) is 3.01. The second-order valence-corrected chi connectivity index (χ2v) is 4.81. The van der Waals surface area contributed by atoms with Crippen molar-refractivity contribution in [3.8, 4) is 0 Å². The Morgan fingerprint density at radius 1 is 1.32 bits per heavy atom. The van der Waals surface area contributed by atoms with Gasteiger partial charge < -0.3 is 10.2 Å². The van der Waals surface area contributed by atoms with Gasteiger partial charge in [-0.3, -0.25) is 9.69 Å². The lowest BCUT2D eigenvalue weighted by Gasteiger charge is -2.27. The summed E-state index contributed by atoms with van der Waals surface area (Å²) in [6.07, 6.45) is -2.88. The molecule has 1 saturated heterocycles. The van der Waals surface area contributed by atoms with Crippen LogP contribution in [0.3, 0.4) is 0 Å². The lowest BCUT2D eigenvalue weighted by Crippen LogP contribution is -2.45. The Kier molecular flexibility index (Phi) is 6.57. The van der Waals surface area contributed by atoms with Crippen LogP contribution in [0.15, 0.2) is 0 Å². The van der Waals surface area contributed by atoms with Crippen molar-refractivity contribution in [3.63, 3.8) is 0 Å². The van der Waals surface area contributed by atoms with Gasteiger partial charge in [-0.25, -0.2) is 0 Å². The van der Waals surface area contributed by atoms with E-state index >= 15 is 0 Å². The molecule has 0 aromatic heterocycles. The highest BCUT2D eigenvalue weighted by Gasteiger charge is 2.32. The van der Waals surface area contributed by atoms with Gasteiger partial charge in [0, 0.05) is 19.6 Å². The summed E-state index contributed by atoms with van der Waals surface area (Å²) in [4.78, 5) is 14.8. The summed E-state index contributed by atoms with van der Waals surface area (Å²) in [5.41, 5.74) is 0. The molecule has 0 bridgehead atoms. The number of carbonyl (C=O) groups is 1. The summed E-state index contributed by atoms with van der Waals surface area (Å²) < 4.78 is 37.2. The van der Waals surface area contributed by atoms with Gasteiger partial charge in [-0.2, -0.15) is 13.2 Å². The third kappa shape index (κ3) is 6.77. The lowest BCUT2D eigenvalue weighted by molar-refractivity contribution is -0.161. The monoisotopic (exact) mass is 281 g/mol. The van der Waals surface area contributed by atoms with E-state index in [2.05, 4.69) is 5.32 Å². The van der Waals surface area contributed by atoms with E-state index in [1.807, 2.05) is 4.90 Å². The molecule has 0 aromatic rings. The molecule has 0 saturated carbocycles. The Balaban J connectivity index is 2.50. The maximum absolute atomic E-state index is 12.4. The van der Waals surface area contributed by atoms with Crippen molar-refractivity contribution < 1.29 is 18.0 Å². The fraction of sp³-hybridized carbons (Fsp3) is 0.917. The summed E-state index contributed by atoms with van der Waals surface area (Å²) in [5, 5.41) is 3.20. The first-order valence-corrected chi connectivity index (χ1v) is 6.70. The number of halogens is 3. The van der Waals surface area contributed by atoms with E-state index in [1.165, 1.54) is 0 Å². The first-order valence-electron chi connectivity index (χ1n) is 6.70. The Morgan fingerprint density at radius 3 is 2.68 bits per heavy atom. The molecule has 0 unspecified atom stereocenters. The van der Waals surface area contributed by atoms with Crippen LogP contribution >= 0.6 is 0 Å². The summed E-state index contributed by atoms with van der Waals surface area (Å²) in [6.45, 7) is 4.00. The number of rotatable bonds is 5. The van der Waals surface area contributed by atoms with E-state index in [-0.39, 0.29) is 13.1 Å². The van der Waals surface area contributed by atoms with Crippen LogP contribution in [0.1, 0.15) is 19.8 Å². The zero-order chi connectivity index (χ0) is 14.3. The predicted molar refractivity (Wildman–Crippen MR) is 66.9 cm³/mol. The SMILES string of the molecule is CCCN(CC(F)(F)F)C(=O)CN1CCCNCC1. The van der Waals surface area contributed by atoms with Gasteiger partial charge in [-0.15, -0.1) is 0 Å². The summed E-state index contributed by atoms with van der Waals surface area (Å²) in [5.74, 6) is -0.430. The fourth-order valence-corrected chi connectivity index (χ4v) is 2.13. The van der Waals surface area contributed by atoms with Crippen LogP contribution in [-0.2, 0) is 4.79 Å². The maximum atomic E-state index is 12.4. The molecule has 0 radical (unpaired) electrons. The van der Waals surface area contributed by atoms with Crippen molar-refractivity contribution in [2.45, 2.75) is 25.9 Å². The molecule has 4 nitrogen and oxygen atoms in total. The van der Waals surface area contributed by atoms with E-state index in [4.69, 9.17) is 0 Å². The molecule has 1 aliphatic heterocycles. The smallest absolute Gasteiger partial charge is 0.332 e. The molecule has 1 fully saturated rings. The van der Waals surface area contributed by atoms with Gasteiger partial charge in [0.05, 0.1) is 6.54 Å². The topological polar surface area (TPSA) is 35.6 Å². The number of nitrogens with zero attached hydrogens (tertiary/aromatic N) is 2. The second kappa shape index (κ2) is 7.69. The van der Waals surface area contributed by atoms with Crippen molar-refractivity contribution in [1.29, 1.82) is 0 Å². The number of hydrogen-bond donors (Lipinski definition) is 1. The molecule has 1 amide bonds. The van der Waals surface area contributed by atoms with Gasteiger partial charge in [-0.1, -0.05) is 6.92 Å². The van der Waals surface area contributed by atoms with Crippen LogP contribution in [0.4, 0.5) is 13.2 Å². The number of nitrogens with one attached hydrogen (secondary N) is 1. The van der Waals surface area contributed by atoms with Gasteiger partial charge in [0.1, 0.15) is 6.54 Å². The largest absolute Gasteiger partial charge is 0.406 e. The lowest BCUT2D eigenvalue weighted by atomic mass is 10.3. The molecule has 1 aliphatic rings. The Hall–Kier alpha value is -0.820. The van der Waals surface area contributed by atoms with E-state index in [9.17, 15) is 18.0 Å². The molecule has 1 heterocycles. The number of alkyl halides is 3. The Labute approximate surface area is 111 Å². The van der Waals surface area contributed by atoms with Crippen molar-refractivity contribution in [3.05, 3.63) is 0 Å². The van der Waals surface area contributed by atoms with Crippen molar-refractivity contribution in [2.24, 2.45) is 0 Å². The third-order valence-corrected chi connectivity index (χ3v) is 3.01. The van der Waals surface area contributed by atoms with Crippen molar-refractivity contribution in [2.75, 3.05) is 45.8 Å². The Morgan fingerprint density at radius 2 is 2.05 bits per heavy atom. The quantitative estimate of drug-likeness (QED) is 0.819. The highest BCUT2D eigenvalue weighted by molar-refractivity contribution is 5.78. The van der Waals surface area contributed by atoms with Crippen LogP contribution in [0.25, 0.3) is 0 Å². The van der Waals surface area contributed by atoms with Gasteiger partial charge in [-0.05, 0) is 25.9 Å². The normalized spacial score (nSPS) is 18.1. The van der Waals surface area contributed by atoms with Crippen molar-refractivity contribution in [1.82, 2.24) is 15.1 Å². The zero-order valence-electron chi connectivity index (χ0n) is 11.3. The average Bonchev–Trinajstić information content (AvgIpc) is 2.55. The molecular formula is C12H22F3N3O. The van der Waals surface area contributed by atoms with Crippen LogP contribution in [0.2, 0.25) is 0 Å². The highest BCUT2D eigenvalue weighted by Crippen LogP contribution is 2.17. The molecule has 0 spiro atoms. The summed E-state index contributed by atoms with van der Waals surface area (Å²) >= 11 is 0. The molecule has 1 rings (SSSR count). The standard InChI is InChI=1S/C12H22F3N3O/c1-2-6-18(10-12(13,14)15)11(19)9-17-7-3-4-16-5-8-17/h16H,2-10H2,1H3. The maximum Gasteiger partial charge on any atom is 0.406 e. The zero-order valence-corrected chi connectivity index (χ0v) is 11.3. The van der Waals surface area contributed by atoms with Crippen LogP contribution < -0.4 is 5.32 Å². The molecule has 19 heavy (non-hydrogen) atoms. The molecule has 0 aliphatic carbocycles. The van der Waals surface area contributed by atoms with Gasteiger partial charge >= 0.3 is 6.18 Å². The molecule has 0 atom stereocenters. The van der Waals surface area contributed by atoms with Gasteiger partial charge in [0.25, 0.3) is 0 Å². The van der Waals surface area contributed by atoms with Crippen LogP contribution in [-0.4, -0.2) is 67.7 Å². The second-order valence-electron chi connectivity index (χ2n) is 4.81. The molecule has 112 valence electrons. The van der Waals surface area contributed by atoms with E-state index in [0.29, 0.717) is 13.0 Å². The molecule has 0 aromatic carbocycles. The average molecular weight is 281 g/mol. The van der Waals surface area contributed by atoms with Crippen LogP contribution in [0.5, 0.6) is 0 Å². The van der Waals surface area contributed by atoms with Gasteiger partial charge in [0.2, 0.25) is 5.91 Å². The van der Waals surface area contributed by atoms with E-state index in [0.717, 1.165) is 31.0 Å². The van der Waals surface area contributed by atoms with E-state index < -0.39 is 18.6 Å². The molecular weight excluding hydrogens is 259 g/mol. The molecule has 7 heteroatoms. The fourth-order valence-electron chi connectivity index (χ4n) is 2.13. The minimum Gasteiger partial charge on any atom is -0.332 e. The number of carbonyl (C=O) groups excluding carboxylic acids is 1. The minimum atomic E-state index is -4.33. The summed E-state index contributed by atoms with van der Waals surface area (Å²) in [6, 6.07) is 0. The summed E-state index contributed by atoms with van der Waals surface area (Å²) in [7, 11) is 0. The predicted octanol–water partition coefficient (Wildman–Crippen LogP) is 1.08. The minimum absolute atomic E-state index is 0.0811. The van der Waals surface area contributed by atoms with E-state index in [1.54, 1.807) is 6.92 Å². The molecule has 1 N–H and O–H groups in total. The number of amides is 1. The Bertz CT molecular complexity index is 276. The van der Waals surface area contributed by atoms with Crippen LogP contribution in [0, 0.1) is 0 Å².